The molecule has 34 heavy (non-hydrogen) atoms. The molecule has 1 unspecified atom stereocenters. The van der Waals surface area contributed by atoms with Gasteiger partial charge in [-0.3, -0.25) is 4.98 Å². The van der Waals surface area contributed by atoms with Crippen LogP contribution in [0.2, 0.25) is 0 Å². The van der Waals surface area contributed by atoms with Crippen LogP contribution in [-0.4, -0.2) is 61.8 Å². The molecule has 0 radical (unpaired) electrons. The summed E-state index contributed by atoms with van der Waals surface area (Å²) in [6, 6.07) is 5.99. The molecule has 9 nitrogen and oxygen atoms in total. The number of fused-ring (bicyclic) bond motifs is 3. The highest BCUT2D eigenvalue weighted by Crippen LogP contribution is 2.32. The van der Waals surface area contributed by atoms with Crippen LogP contribution in [0.25, 0.3) is 27.8 Å². The van der Waals surface area contributed by atoms with E-state index in [1.807, 2.05) is 29.6 Å². The van der Waals surface area contributed by atoms with Crippen molar-refractivity contribution in [3.05, 3.63) is 35.7 Å². The van der Waals surface area contributed by atoms with E-state index in [9.17, 15) is 4.55 Å². The van der Waals surface area contributed by atoms with E-state index in [4.69, 9.17) is 26.3 Å². The summed E-state index contributed by atoms with van der Waals surface area (Å²) < 4.78 is 23.0. The van der Waals surface area contributed by atoms with E-state index in [2.05, 4.69) is 10.6 Å². The van der Waals surface area contributed by atoms with Crippen LogP contribution in [0.3, 0.4) is 0 Å². The fourth-order valence-electron chi connectivity index (χ4n) is 5.10. The number of rotatable bonds is 6. The van der Waals surface area contributed by atoms with Crippen LogP contribution in [0.4, 0.5) is 0 Å². The van der Waals surface area contributed by atoms with Crippen LogP contribution in [-0.2, 0) is 22.6 Å². The van der Waals surface area contributed by atoms with E-state index in [0.717, 1.165) is 91.9 Å². The normalized spacial score (nSPS) is 19.6. The number of aromatic nitrogens is 3. The van der Waals surface area contributed by atoms with Crippen LogP contribution in [0, 0.1) is 5.92 Å². The van der Waals surface area contributed by atoms with Gasteiger partial charge >= 0.3 is 0 Å². The summed E-state index contributed by atoms with van der Waals surface area (Å²) in [4.78, 5) is 9.76. The molecule has 0 aliphatic carbocycles. The predicted molar refractivity (Wildman–Crippen MR) is 135 cm³/mol. The molecular formula is C24H33N7O2S. The molecule has 0 spiro atoms. The number of pyridine rings is 2. The van der Waals surface area contributed by atoms with Gasteiger partial charge in [-0.25, -0.2) is 5.84 Å². The molecule has 0 saturated carbocycles. The van der Waals surface area contributed by atoms with E-state index in [-0.39, 0.29) is 0 Å². The molecule has 5 heterocycles. The summed E-state index contributed by atoms with van der Waals surface area (Å²) >= 11 is -1.25. The Balaban J connectivity index is 1.66. The molecule has 0 aromatic carbocycles. The summed E-state index contributed by atoms with van der Waals surface area (Å²) in [5.74, 6) is 6.57. The molecular weight excluding hydrogens is 450 g/mol. The van der Waals surface area contributed by atoms with Gasteiger partial charge in [0.25, 0.3) is 5.03 Å². The Morgan fingerprint density at radius 3 is 2.68 bits per heavy atom. The Hall–Kier alpha value is -2.37. The number of hydrogen-bond acceptors (Lipinski definition) is 8. The lowest BCUT2D eigenvalue weighted by atomic mass is 10.0. The SMILES string of the molecule is C/C(N)=C(\c1cnc2c3ccc([S+]([O-])N4CCCC4)nc3n(CC3CCOCC3)c2c1)N(C)N. The lowest BCUT2D eigenvalue weighted by Crippen LogP contribution is -2.28. The molecule has 5 rings (SSSR count). The number of nitrogens with zero attached hydrogens (tertiary/aromatic N) is 5. The molecule has 2 aliphatic rings. The molecule has 2 saturated heterocycles. The van der Waals surface area contributed by atoms with Crippen molar-refractivity contribution in [1.82, 2.24) is 23.8 Å². The molecule has 2 fully saturated rings. The van der Waals surface area contributed by atoms with Crippen LogP contribution in [0.15, 0.2) is 35.1 Å². The fraction of sp³-hybridized carbons (Fsp3) is 0.500. The Morgan fingerprint density at radius 2 is 2.00 bits per heavy atom. The predicted octanol–water partition coefficient (Wildman–Crippen LogP) is 2.58. The van der Waals surface area contributed by atoms with Crippen LogP contribution < -0.4 is 11.6 Å². The Bertz CT molecular complexity index is 1210. The van der Waals surface area contributed by atoms with Crippen LogP contribution in [0.1, 0.15) is 38.2 Å². The second-order valence-electron chi connectivity index (χ2n) is 9.31. The molecule has 2 aliphatic heterocycles. The van der Waals surface area contributed by atoms with Gasteiger partial charge in [0.1, 0.15) is 17.0 Å². The standard InChI is InChI=1S/C24H33N7O2S/c1-16(25)23(29(2)26)18-13-20-22(27-14-18)19-5-6-21(34(32)30-9-3-4-10-30)28-24(19)31(20)15-17-7-11-33-12-8-17/h5-6,13-14,17H,3-4,7-12,15,25-26H2,1-2H3/b23-16-. The average molecular weight is 484 g/mol. The number of hydrazine groups is 1. The summed E-state index contributed by atoms with van der Waals surface area (Å²) in [5, 5.41) is 3.09. The third kappa shape index (κ3) is 4.36. The molecule has 3 aromatic rings. The van der Waals surface area contributed by atoms with Crippen molar-refractivity contribution in [2.24, 2.45) is 17.5 Å². The van der Waals surface area contributed by atoms with Crippen LogP contribution in [0.5, 0.6) is 0 Å². The quantitative estimate of drug-likeness (QED) is 0.312. The lowest BCUT2D eigenvalue weighted by molar-refractivity contribution is 0.0619. The molecule has 1 atom stereocenters. The minimum atomic E-state index is -1.25. The minimum absolute atomic E-state index is 0.481. The number of allylic oxidation sites excluding steroid dienone is 1. The van der Waals surface area contributed by atoms with E-state index in [0.29, 0.717) is 16.6 Å². The maximum Gasteiger partial charge on any atom is 0.267 e. The summed E-state index contributed by atoms with van der Waals surface area (Å²) in [6.45, 7) is 5.90. The molecule has 0 amide bonds. The first-order valence-electron chi connectivity index (χ1n) is 11.9. The Labute approximate surface area is 203 Å². The largest absolute Gasteiger partial charge is 0.592 e. The maximum absolute atomic E-state index is 13.2. The van der Waals surface area contributed by atoms with Crippen molar-refractivity contribution in [1.29, 1.82) is 0 Å². The Kier molecular flexibility index (Phi) is 6.67. The molecule has 3 aromatic heterocycles. The smallest absolute Gasteiger partial charge is 0.267 e. The molecule has 4 N–H and O–H groups in total. The first kappa shape index (κ1) is 23.4. The zero-order valence-corrected chi connectivity index (χ0v) is 20.7. The van der Waals surface area contributed by atoms with Gasteiger partial charge in [-0.2, -0.15) is 4.98 Å². The Morgan fingerprint density at radius 1 is 1.26 bits per heavy atom. The third-order valence-corrected chi connectivity index (χ3v) is 8.20. The summed E-state index contributed by atoms with van der Waals surface area (Å²) in [5.41, 5.74) is 11.1. The maximum atomic E-state index is 13.2. The third-order valence-electron chi connectivity index (χ3n) is 6.78. The number of ether oxygens (including phenoxy) is 1. The average Bonchev–Trinajstić information content (AvgIpc) is 3.46. The summed E-state index contributed by atoms with van der Waals surface area (Å²) in [7, 11) is 1.77. The second-order valence-corrected chi connectivity index (χ2v) is 10.7. The van der Waals surface area contributed by atoms with Crippen molar-refractivity contribution >= 4 is 39.1 Å². The number of hydrogen-bond donors (Lipinski definition) is 2. The lowest BCUT2D eigenvalue weighted by Gasteiger charge is -2.23. The van der Waals surface area contributed by atoms with Crippen molar-refractivity contribution in [2.45, 2.75) is 44.2 Å². The molecule has 10 heteroatoms. The van der Waals surface area contributed by atoms with E-state index in [1.54, 1.807) is 7.05 Å². The monoisotopic (exact) mass is 483 g/mol. The van der Waals surface area contributed by atoms with Crippen LogP contribution >= 0.6 is 0 Å². The van der Waals surface area contributed by atoms with E-state index in [1.165, 1.54) is 5.01 Å². The van der Waals surface area contributed by atoms with Crippen molar-refractivity contribution < 1.29 is 9.29 Å². The van der Waals surface area contributed by atoms with Crippen molar-refractivity contribution in [3.63, 3.8) is 0 Å². The highest BCUT2D eigenvalue weighted by atomic mass is 32.2. The van der Waals surface area contributed by atoms with E-state index >= 15 is 0 Å². The van der Waals surface area contributed by atoms with Gasteiger partial charge in [-0.15, -0.1) is 4.31 Å². The van der Waals surface area contributed by atoms with Gasteiger partial charge in [0.2, 0.25) is 0 Å². The second kappa shape index (κ2) is 9.71. The highest BCUT2D eigenvalue weighted by Gasteiger charge is 2.29. The zero-order valence-electron chi connectivity index (χ0n) is 19.9. The zero-order chi connectivity index (χ0) is 23.8. The van der Waals surface area contributed by atoms with Gasteiger partial charge in [0.05, 0.1) is 16.7 Å². The van der Waals surface area contributed by atoms with Gasteiger partial charge in [0.15, 0.2) is 0 Å². The number of nitrogens with two attached hydrogens (primary N) is 2. The first-order chi connectivity index (χ1) is 16.4. The molecule has 182 valence electrons. The topological polar surface area (TPSA) is 122 Å². The summed E-state index contributed by atoms with van der Waals surface area (Å²) in [6.07, 6.45) is 5.98. The van der Waals surface area contributed by atoms with Crippen molar-refractivity contribution in [3.8, 4) is 0 Å². The molecule has 0 bridgehead atoms. The van der Waals surface area contributed by atoms with Gasteiger partial charge in [0, 0.05) is 68.8 Å². The van der Waals surface area contributed by atoms with E-state index < -0.39 is 11.4 Å². The fourth-order valence-corrected chi connectivity index (χ4v) is 6.30. The van der Waals surface area contributed by atoms with Crippen molar-refractivity contribution in [2.75, 3.05) is 33.4 Å². The van der Waals surface area contributed by atoms with Gasteiger partial charge in [-0.05, 0) is 50.7 Å². The highest BCUT2D eigenvalue weighted by molar-refractivity contribution is 7.89. The minimum Gasteiger partial charge on any atom is -0.592 e. The van der Waals surface area contributed by atoms with Gasteiger partial charge < -0.3 is 24.6 Å². The van der Waals surface area contributed by atoms with Gasteiger partial charge in [-0.1, -0.05) is 0 Å². The first-order valence-corrected chi connectivity index (χ1v) is 13.0.